The molecule has 7 heteroatoms. The second-order valence-corrected chi connectivity index (χ2v) is 8.38. The van der Waals surface area contributed by atoms with E-state index in [1.54, 1.807) is 0 Å². The number of rotatable bonds is 8. The minimum Gasteiger partial charge on any atom is -0.367 e. The van der Waals surface area contributed by atoms with Crippen molar-refractivity contribution in [3.8, 4) is 11.3 Å². The molecule has 1 aliphatic rings. The van der Waals surface area contributed by atoms with Crippen molar-refractivity contribution >= 4 is 17.4 Å². The number of imidazole rings is 1. The van der Waals surface area contributed by atoms with E-state index in [1.807, 2.05) is 52.0 Å². The van der Waals surface area contributed by atoms with Crippen molar-refractivity contribution in [2.45, 2.75) is 45.7 Å². The quantitative estimate of drug-likeness (QED) is 0.599. The van der Waals surface area contributed by atoms with E-state index >= 15 is 0 Å². The summed E-state index contributed by atoms with van der Waals surface area (Å²) >= 11 is 0. The predicted octanol–water partition coefficient (Wildman–Crippen LogP) is 3.30. The maximum Gasteiger partial charge on any atom is 0.222 e. The minimum absolute atomic E-state index is 0.222. The van der Waals surface area contributed by atoms with E-state index in [0.29, 0.717) is 25.4 Å². The number of likely N-dealkylation sites (tertiary alicyclic amines) is 1. The minimum atomic E-state index is 0.222. The van der Waals surface area contributed by atoms with Crippen molar-refractivity contribution in [2.75, 3.05) is 18.4 Å². The van der Waals surface area contributed by atoms with E-state index in [1.165, 1.54) is 0 Å². The lowest BCUT2D eigenvalue weighted by Crippen LogP contribution is -2.38. The highest BCUT2D eigenvalue weighted by molar-refractivity contribution is 5.78. The van der Waals surface area contributed by atoms with Crippen molar-refractivity contribution in [3.05, 3.63) is 48.2 Å². The number of fused-ring (bicyclic) bond motifs is 1. The molecule has 7 nitrogen and oxygen atoms in total. The number of aromatic nitrogens is 3. The fourth-order valence-corrected chi connectivity index (χ4v) is 3.91. The van der Waals surface area contributed by atoms with E-state index in [0.717, 1.165) is 47.7 Å². The van der Waals surface area contributed by atoms with Gasteiger partial charge in [-0.1, -0.05) is 38.1 Å². The van der Waals surface area contributed by atoms with Crippen molar-refractivity contribution < 1.29 is 4.79 Å². The van der Waals surface area contributed by atoms with Crippen LogP contribution in [0.2, 0.25) is 0 Å². The molecule has 158 valence electrons. The number of nitrogens with one attached hydrogen (secondary N) is 1. The van der Waals surface area contributed by atoms with E-state index in [4.69, 9.17) is 10.8 Å². The number of nitrogens with zero attached hydrogens (tertiary/aromatic N) is 4. The number of hydrogen-bond donors (Lipinski definition) is 2. The summed E-state index contributed by atoms with van der Waals surface area (Å²) in [6.07, 6.45) is 4.41. The Labute approximate surface area is 177 Å². The zero-order valence-electron chi connectivity index (χ0n) is 17.7. The van der Waals surface area contributed by atoms with Crippen molar-refractivity contribution in [3.63, 3.8) is 0 Å². The summed E-state index contributed by atoms with van der Waals surface area (Å²) in [5, 5.41) is 8.18. The van der Waals surface area contributed by atoms with Gasteiger partial charge in [-0.25, -0.2) is 9.50 Å². The van der Waals surface area contributed by atoms with E-state index in [9.17, 15) is 4.79 Å². The van der Waals surface area contributed by atoms with Gasteiger partial charge in [0, 0.05) is 37.7 Å². The van der Waals surface area contributed by atoms with Crippen LogP contribution in [0, 0.1) is 5.92 Å². The van der Waals surface area contributed by atoms with E-state index < -0.39 is 0 Å². The molecule has 1 aliphatic heterocycles. The van der Waals surface area contributed by atoms with Gasteiger partial charge in [0.25, 0.3) is 0 Å². The molecular weight excluding hydrogens is 376 g/mol. The van der Waals surface area contributed by atoms with Crippen LogP contribution in [-0.2, 0) is 11.3 Å². The Morgan fingerprint density at radius 2 is 2.00 bits per heavy atom. The molecule has 1 unspecified atom stereocenters. The maximum atomic E-state index is 12.3. The van der Waals surface area contributed by atoms with Crippen LogP contribution in [0.1, 0.15) is 38.7 Å². The maximum absolute atomic E-state index is 12.3. The van der Waals surface area contributed by atoms with Gasteiger partial charge in [0.1, 0.15) is 5.82 Å². The standard InChI is InChI=1S/C23H30N6O/c1-16(2)11-12-28-19(7-10-23(28)30)14-25-21-8-9-22-26-15-20(29(22)27-21)18-5-3-17(13-24)4-6-18/h3-6,8-9,15-16,19H,7,10-14,24H2,1-2H3,(H,25,27). The van der Waals surface area contributed by atoms with Gasteiger partial charge in [-0.05, 0) is 36.5 Å². The van der Waals surface area contributed by atoms with Gasteiger partial charge in [0.05, 0.1) is 11.9 Å². The molecule has 0 radical (unpaired) electrons. The molecule has 1 fully saturated rings. The average Bonchev–Trinajstić information content (AvgIpc) is 3.33. The monoisotopic (exact) mass is 406 g/mol. The van der Waals surface area contributed by atoms with Gasteiger partial charge in [0.15, 0.2) is 5.65 Å². The number of hydrogen-bond acceptors (Lipinski definition) is 5. The van der Waals surface area contributed by atoms with Crippen LogP contribution in [0.25, 0.3) is 16.9 Å². The highest BCUT2D eigenvalue weighted by atomic mass is 16.2. The average molecular weight is 407 g/mol. The van der Waals surface area contributed by atoms with E-state index in [2.05, 4.69) is 24.1 Å². The molecule has 1 amide bonds. The van der Waals surface area contributed by atoms with Crippen molar-refractivity contribution in [1.82, 2.24) is 19.5 Å². The summed E-state index contributed by atoms with van der Waals surface area (Å²) in [6, 6.07) is 12.3. The summed E-state index contributed by atoms with van der Waals surface area (Å²) in [5.74, 6) is 1.64. The summed E-state index contributed by atoms with van der Waals surface area (Å²) in [7, 11) is 0. The molecule has 0 saturated carbocycles. The molecule has 3 heterocycles. The number of anilines is 1. The molecule has 3 aromatic rings. The lowest BCUT2D eigenvalue weighted by atomic mass is 10.1. The molecule has 3 N–H and O–H groups in total. The molecule has 30 heavy (non-hydrogen) atoms. The Balaban J connectivity index is 1.49. The first-order valence-corrected chi connectivity index (χ1v) is 10.7. The molecule has 4 rings (SSSR count). The van der Waals surface area contributed by atoms with Crippen molar-refractivity contribution in [1.29, 1.82) is 0 Å². The molecule has 2 aromatic heterocycles. The molecule has 1 atom stereocenters. The topological polar surface area (TPSA) is 88.5 Å². The highest BCUT2D eigenvalue weighted by Crippen LogP contribution is 2.23. The first-order chi connectivity index (χ1) is 14.5. The van der Waals surface area contributed by atoms with Gasteiger partial charge < -0.3 is 16.0 Å². The number of carbonyl (C=O) groups is 1. The largest absolute Gasteiger partial charge is 0.367 e. The SMILES string of the molecule is CC(C)CCN1C(=O)CCC1CNc1ccc2ncc(-c3ccc(CN)cc3)n2n1. The predicted molar refractivity (Wildman–Crippen MR) is 119 cm³/mol. The third-order valence-corrected chi connectivity index (χ3v) is 5.77. The van der Waals surface area contributed by atoms with Crippen LogP contribution in [0.5, 0.6) is 0 Å². The second kappa shape index (κ2) is 8.83. The fraction of sp³-hybridized carbons (Fsp3) is 0.435. The lowest BCUT2D eigenvalue weighted by Gasteiger charge is -2.26. The van der Waals surface area contributed by atoms with Crippen LogP contribution in [0.3, 0.4) is 0 Å². The third-order valence-electron chi connectivity index (χ3n) is 5.77. The number of carbonyl (C=O) groups excluding carboxylic acids is 1. The smallest absolute Gasteiger partial charge is 0.222 e. The molecule has 1 saturated heterocycles. The first-order valence-electron chi connectivity index (χ1n) is 10.7. The second-order valence-electron chi connectivity index (χ2n) is 8.38. The molecule has 0 bridgehead atoms. The Kier molecular flexibility index (Phi) is 5.99. The lowest BCUT2D eigenvalue weighted by molar-refractivity contribution is -0.128. The van der Waals surface area contributed by atoms with Gasteiger partial charge in [-0.15, -0.1) is 5.10 Å². The van der Waals surface area contributed by atoms with E-state index in [-0.39, 0.29) is 11.9 Å². The van der Waals surface area contributed by atoms with Gasteiger partial charge in [0.2, 0.25) is 5.91 Å². The summed E-state index contributed by atoms with van der Waals surface area (Å²) in [6.45, 7) is 6.45. The van der Waals surface area contributed by atoms with Gasteiger partial charge >= 0.3 is 0 Å². The van der Waals surface area contributed by atoms with Gasteiger partial charge in [-0.3, -0.25) is 4.79 Å². The van der Waals surface area contributed by atoms with Crippen LogP contribution in [-0.4, -0.2) is 44.5 Å². The number of nitrogens with two attached hydrogens (primary N) is 1. The number of benzene rings is 1. The Hall–Kier alpha value is -2.93. The van der Waals surface area contributed by atoms with Gasteiger partial charge in [-0.2, -0.15) is 0 Å². The summed E-state index contributed by atoms with van der Waals surface area (Å²) in [5.41, 5.74) is 9.58. The normalized spacial score (nSPS) is 16.7. The third kappa shape index (κ3) is 4.31. The zero-order valence-corrected chi connectivity index (χ0v) is 17.7. The molecule has 0 aliphatic carbocycles. The van der Waals surface area contributed by atoms with Crippen LogP contribution < -0.4 is 11.1 Å². The van der Waals surface area contributed by atoms with Crippen LogP contribution >= 0.6 is 0 Å². The fourth-order valence-electron chi connectivity index (χ4n) is 3.91. The molecular formula is C23H30N6O. The van der Waals surface area contributed by atoms with Crippen LogP contribution in [0.15, 0.2) is 42.6 Å². The van der Waals surface area contributed by atoms with Crippen LogP contribution in [0.4, 0.5) is 5.82 Å². The Bertz CT molecular complexity index is 1010. The Morgan fingerprint density at radius 1 is 1.20 bits per heavy atom. The summed E-state index contributed by atoms with van der Waals surface area (Å²) in [4.78, 5) is 18.8. The summed E-state index contributed by atoms with van der Waals surface area (Å²) < 4.78 is 1.86. The zero-order chi connectivity index (χ0) is 21.1. The highest BCUT2D eigenvalue weighted by Gasteiger charge is 2.30. The molecule has 0 spiro atoms. The Morgan fingerprint density at radius 3 is 2.73 bits per heavy atom. The first kappa shape index (κ1) is 20.3. The molecule has 1 aromatic carbocycles. The van der Waals surface area contributed by atoms with Crippen molar-refractivity contribution in [2.24, 2.45) is 11.7 Å². The number of amides is 1.